The molecule has 2 aliphatic heterocycles. The van der Waals surface area contributed by atoms with Gasteiger partial charge in [-0.3, -0.25) is 9.48 Å². The van der Waals surface area contributed by atoms with Gasteiger partial charge in [0.1, 0.15) is 13.1 Å². The zero-order valence-electron chi connectivity index (χ0n) is 11.9. The van der Waals surface area contributed by atoms with E-state index in [4.69, 9.17) is 0 Å². The Morgan fingerprint density at radius 1 is 1.17 bits per heavy atom. The lowest BCUT2D eigenvalue weighted by Gasteiger charge is -2.20. The lowest BCUT2D eigenvalue weighted by Crippen LogP contribution is -2.38. The van der Waals surface area contributed by atoms with Crippen LogP contribution in [-0.2, 0) is 6.54 Å². The number of hydrogen-bond donors (Lipinski definition) is 0. The van der Waals surface area contributed by atoms with Crippen LogP contribution in [0.2, 0.25) is 0 Å². The summed E-state index contributed by atoms with van der Waals surface area (Å²) in [6.45, 7) is 11.5. The van der Waals surface area contributed by atoms with E-state index in [0.717, 1.165) is 13.1 Å². The molecule has 0 aliphatic carbocycles. The molecule has 0 saturated carbocycles. The molecule has 0 fully saturated rings. The maximum Gasteiger partial charge on any atom is 0.250 e. The molecule has 2 heterocycles. The van der Waals surface area contributed by atoms with Gasteiger partial charge in [0.2, 0.25) is 0 Å². The summed E-state index contributed by atoms with van der Waals surface area (Å²) < 4.78 is 2.62. The highest BCUT2D eigenvalue weighted by molar-refractivity contribution is 5.81. The number of benzene rings is 1. The number of fused-ring (bicyclic) bond motifs is 3. The van der Waals surface area contributed by atoms with Crippen LogP contribution in [0, 0.1) is 5.92 Å². The molecular formula is C16H23N2+. The van der Waals surface area contributed by atoms with Crippen molar-refractivity contribution >= 4 is 5.84 Å². The molecular weight excluding hydrogens is 220 g/mol. The second-order valence-corrected chi connectivity index (χ2v) is 6.10. The quantitative estimate of drug-likeness (QED) is 0.724. The molecule has 0 spiro atoms. The summed E-state index contributed by atoms with van der Waals surface area (Å²) in [7, 11) is 0. The minimum atomic E-state index is 0.584. The SMILES string of the molecule is CC(C)C1=[N+]2Cc3ccccc3[C@H]2CN1C(C)C. The van der Waals surface area contributed by atoms with Crippen LogP contribution in [0.4, 0.5) is 0 Å². The van der Waals surface area contributed by atoms with Crippen LogP contribution >= 0.6 is 0 Å². The fourth-order valence-corrected chi connectivity index (χ4v) is 3.49. The van der Waals surface area contributed by atoms with Crippen molar-refractivity contribution in [2.45, 2.75) is 46.3 Å². The molecule has 1 atom stereocenters. The predicted molar refractivity (Wildman–Crippen MR) is 74.8 cm³/mol. The molecule has 0 bridgehead atoms. The first-order valence-electron chi connectivity index (χ1n) is 7.07. The molecule has 0 unspecified atom stereocenters. The Morgan fingerprint density at radius 2 is 1.89 bits per heavy atom. The lowest BCUT2D eigenvalue weighted by atomic mass is 10.0. The summed E-state index contributed by atoms with van der Waals surface area (Å²) >= 11 is 0. The van der Waals surface area contributed by atoms with Gasteiger partial charge in [0.25, 0.3) is 5.84 Å². The van der Waals surface area contributed by atoms with Crippen molar-refractivity contribution < 1.29 is 4.58 Å². The van der Waals surface area contributed by atoms with Gasteiger partial charge in [-0.25, -0.2) is 0 Å². The van der Waals surface area contributed by atoms with Gasteiger partial charge < -0.3 is 0 Å². The van der Waals surface area contributed by atoms with Crippen molar-refractivity contribution in [2.24, 2.45) is 5.92 Å². The highest BCUT2D eigenvalue weighted by Gasteiger charge is 2.45. The van der Waals surface area contributed by atoms with Gasteiger partial charge in [-0.05, 0) is 13.8 Å². The Labute approximate surface area is 110 Å². The monoisotopic (exact) mass is 243 g/mol. The fraction of sp³-hybridized carbons (Fsp3) is 0.562. The van der Waals surface area contributed by atoms with Crippen molar-refractivity contribution in [2.75, 3.05) is 6.54 Å². The predicted octanol–water partition coefficient (Wildman–Crippen LogP) is 3.03. The Hall–Kier alpha value is -1.31. The van der Waals surface area contributed by atoms with Gasteiger partial charge in [0, 0.05) is 11.1 Å². The fourth-order valence-electron chi connectivity index (χ4n) is 3.49. The molecule has 1 aromatic rings. The average molecular weight is 243 g/mol. The normalized spacial score (nSPS) is 22.1. The summed E-state index contributed by atoms with van der Waals surface area (Å²) in [6.07, 6.45) is 0. The molecule has 3 rings (SSSR count). The Bertz CT molecular complexity index is 500. The van der Waals surface area contributed by atoms with Crippen LogP contribution < -0.4 is 0 Å². The van der Waals surface area contributed by atoms with Gasteiger partial charge in [0.15, 0.2) is 6.04 Å². The second kappa shape index (κ2) is 4.11. The summed E-state index contributed by atoms with van der Waals surface area (Å²) in [5.41, 5.74) is 3.06. The minimum Gasteiger partial charge on any atom is -0.259 e. The molecule has 1 aromatic carbocycles. The van der Waals surface area contributed by atoms with Crippen LogP contribution in [0.5, 0.6) is 0 Å². The molecule has 0 saturated heterocycles. The number of rotatable bonds is 2. The van der Waals surface area contributed by atoms with E-state index >= 15 is 0 Å². The van der Waals surface area contributed by atoms with Crippen molar-refractivity contribution in [1.29, 1.82) is 0 Å². The molecule has 0 radical (unpaired) electrons. The van der Waals surface area contributed by atoms with E-state index in [1.165, 1.54) is 11.4 Å². The van der Waals surface area contributed by atoms with Crippen molar-refractivity contribution in [3.05, 3.63) is 35.4 Å². The van der Waals surface area contributed by atoms with E-state index in [1.807, 2.05) is 0 Å². The third-order valence-corrected chi connectivity index (χ3v) is 4.23. The van der Waals surface area contributed by atoms with E-state index < -0.39 is 0 Å². The van der Waals surface area contributed by atoms with Crippen molar-refractivity contribution in [1.82, 2.24) is 4.90 Å². The largest absolute Gasteiger partial charge is 0.259 e. The third kappa shape index (κ3) is 1.58. The third-order valence-electron chi connectivity index (χ3n) is 4.23. The van der Waals surface area contributed by atoms with Gasteiger partial charge in [0.05, 0.1) is 12.0 Å². The summed E-state index contributed by atoms with van der Waals surface area (Å²) in [5.74, 6) is 2.14. The maximum absolute atomic E-state index is 2.62. The minimum absolute atomic E-state index is 0.584. The highest BCUT2D eigenvalue weighted by atomic mass is 15.3. The molecule has 2 aliphatic rings. The first-order chi connectivity index (χ1) is 8.59. The maximum atomic E-state index is 2.62. The Kier molecular flexibility index (Phi) is 2.69. The Morgan fingerprint density at radius 3 is 2.56 bits per heavy atom. The van der Waals surface area contributed by atoms with E-state index in [2.05, 4.69) is 61.4 Å². The van der Waals surface area contributed by atoms with Crippen LogP contribution in [0.15, 0.2) is 24.3 Å². The molecule has 2 heteroatoms. The van der Waals surface area contributed by atoms with Gasteiger partial charge >= 0.3 is 0 Å². The molecule has 2 nitrogen and oxygen atoms in total. The van der Waals surface area contributed by atoms with E-state index in [1.54, 1.807) is 5.56 Å². The molecule has 0 N–H and O–H groups in total. The number of hydrogen-bond acceptors (Lipinski definition) is 1. The van der Waals surface area contributed by atoms with Gasteiger partial charge in [-0.15, -0.1) is 0 Å². The molecule has 0 aromatic heterocycles. The molecule has 96 valence electrons. The zero-order chi connectivity index (χ0) is 12.9. The van der Waals surface area contributed by atoms with Gasteiger partial charge in [-0.2, -0.15) is 0 Å². The summed E-state index contributed by atoms with van der Waals surface area (Å²) in [4.78, 5) is 2.59. The second-order valence-electron chi connectivity index (χ2n) is 6.10. The van der Waals surface area contributed by atoms with Crippen LogP contribution in [0.25, 0.3) is 0 Å². The van der Waals surface area contributed by atoms with Crippen molar-refractivity contribution in [3.8, 4) is 0 Å². The van der Waals surface area contributed by atoms with Gasteiger partial charge in [-0.1, -0.05) is 38.1 Å². The van der Waals surface area contributed by atoms with E-state index in [9.17, 15) is 0 Å². The number of nitrogens with zero attached hydrogens (tertiary/aromatic N) is 2. The molecule has 18 heavy (non-hydrogen) atoms. The number of amidine groups is 1. The van der Waals surface area contributed by atoms with Crippen molar-refractivity contribution in [3.63, 3.8) is 0 Å². The smallest absolute Gasteiger partial charge is 0.250 e. The first-order valence-corrected chi connectivity index (χ1v) is 7.07. The van der Waals surface area contributed by atoms with E-state index in [0.29, 0.717) is 18.0 Å². The van der Waals surface area contributed by atoms with Crippen LogP contribution in [-0.4, -0.2) is 27.9 Å². The topological polar surface area (TPSA) is 6.25 Å². The Balaban J connectivity index is 2.06. The first kappa shape index (κ1) is 11.8. The van der Waals surface area contributed by atoms with Crippen LogP contribution in [0.3, 0.4) is 0 Å². The van der Waals surface area contributed by atoms with Crippen LogP contribution in [0.1, 0.15) is 44.9 Å². The summed E-state index contributed by atoms with van der Waals surface area (Å²) in [5, 5.41) is 0. The lowest BCUT2D eigenvalue weighted by molar-refractivity contribution is -0.567. The molecule has 0 amide bonds. The standard InChI is InChI=1S/C16H23N2/c1-11(2)16-17(12(3)4)10-15-14-8-6-5-7-13(14)9-18(15)16/h5-8,11-12,15H,9-10H2,1-4H3/q+1/t15-/m1/s1. The van der Waals surface area contributed by atoms with E-state index in [-0.39, 0.29) is 0 Å². The summed E-state index contributed by atoms with van der Waals surface area (Å²) in [6, 6.07) is 10.1. The average Bonchev–Trinajstić information content (AvgIpc) is 2.83. The highest BCUT2D eigenvalue weighted by Crippen LogP contribution is 2.36. The zero-order valence-corrected chi connectivity index (χ0v) is 11.9.